The van der Waals surface area contributed by atoms with Crippen molar-refractivity contribution >= 4 is 45.3 Å². The molecule has 3 heterocycles. The predicted octanol–water partition coefficient (Wildman–Crippen LogP) is 1.13. The molecule has 2 fully saturated rings. The van der Waals surface area contributed by atoms with E-state index in [2.05, 4.69) is 10.6 Å². The molecule has 3 aliphatic heterocycles. The molecule has 2 saturated heterocycles. The summed E-state index contributed by atoms with van der Waals surface area (Å²) in [6.07, 6.45) is -0.458. The van der Waals surface area contributed by atoms with Gasteiger partial charge in [0.25, 0.3) is 5.69 Å². The van der Waals surface area contributed by atoms with Gasteiger partial charge in [0, 0.05) is 41.3 Å². The third-order valence-corrected chi connectivity index (χ3v) is 10.7. The lowest BCUT2D eigenvalue weighted by atomic mass is 9.79. The van der Waals surface area contributed by atoms with Gasteiger partial charge in [-0.2, -0.15) is 0 Å². The number of fused-ring (bicyclic) bond motifs is 1. The Morgan fingerprint density at radius 3 is 2.44 bits per heavy atom. The summed E-state index contributed by atoms with van der Waals surface area (Å²) in [6, 6.07) is 10.6. The molecule has 2 aromatic carbocycles. The van der Waals surface area contributed by atoms with Crippen molar-refractivity contribution in [2.75, 3.05) is 6.54 Å². The number of ether oxygens (including phenoxy) is 1. The van der Waals surface area contributed by atoms with Crippen LogP contribution in [0.3, 0.4) is 0 Å². The third kappa shape index (κ3) is 6.74. The van der Waals surface area contributed by atoms with E-state index in [9.17, 15) is 38.0 Å². The fourth-order valence-corrected chi connectivity index (χ4v) is 7.87. The smallest absolute Gasteiger partial charge is 0.356 e. The number of nitro groups is 1. The van der Waals surface area contributed by atoms with Crippen LogP contribution in [0.5, 0.6) is 0 Å². The largest absolute Gasteiger partial charge is 0.456 e. The van der Waals surface area contributed by atoms with Gasteiger partial charge in [-0.1, -0.05) is 19.1 Å². The van der Waals surface area contributed by atoms with Crippen LogP contribution in [0.4, 0.5) is 5.69 Å². The van der Waals surface area contributed by atoms with Gasteiger partial charge in [-0.3, -0.25) is 19.7 Å². The van der Waals surface area contributed by atoms with Crippen LogP contribution < -0.4 is 15.8 Å². The van der Waals surface area contributed by atoms with Crippen LogP contribution in [0.15, 0.2) is 64.0 Å². The molecule has 240 valence electrons. The Hall–Kier alpha value is -3.83. The highest BCUT2D eigenvalue weighted by Gasteiger charge is 2.60. The minimum absolute atomic E-state index is 0.0221. The number of β-lactam (4-membered cyclic amide) rings is 1. The summed E-state index contributed by atoms with van der Waals surface area (Å²) < 4.78 is 28.5. The number of benzene rings is 2. The second kappa shape index (κ2) is 12.9. The van der Waals surface area contributed by atoms with E-state index < -0.39 is 45.0 Å². The first-order valence-corrected chi connectivity index (χ1v) is 16.6. The van der Waals surface area contributed by atoms with E-state index in [1.165, 1.54) is 53.1 Å². The Labute approximate surface area is 263 Å². The second-order valence-corrected chi connectivity index (χ2v) is 14.2. The third-order valence-electron chi connectivity index (χ3n) is 8.24. The Morgan fingerprint density at radius 2 is 1.84 bits per heavy atom. The Kier molecular flexibility index (Phi) is 9.32. The number of hydrogen-bond acceptors (Lipinski definition) is 11. The molecule has 6 atom stereocenters. The quantitative estimate of drug-likeness (QED) is 0.116. The molecule has 2 amide bonds. The second-order valence-electron chi connectivity index (χ2n) is 11.3. The van der Waals surface area contributed by atoms with E-state index in [0.717, 1.165) is 0 Å². The molecule has 2 aromatic rings. The first-order chi connectivity index (χ1) is 21.3. The van der Waals surface area contributed by atoms with Gasteiger partial charge in [0.05, 0.1) is 33.9 Å². The van der Waals surface area contributed by atoms with Crippen LogP contribution in [0, 0.1) is 22.0 Å². The van der Waals surface area contributed by atoms with Crippen LogP contribution in [0.1, 0.15) is 31.4 Å². The standard InChI is InChI=1S/C29H33N5O9S2/c1-15-24-23(16(2)35)28(37)33(24)25(29(38)43-14-18-3-7-19(8-4-18)34(39)40)26(15)44-20-11-22(31-13-20)27(36)32-12-17-5-9-21(10-6-17)45(30,41)42/h3-10,15-16,20,22-24,31,35H,11-14H2,1-2H3,(H,32,36)(H2,30,41,42)/t15-,16-,20+,22+,23-,24-/m1/s1. The highest BCUT2D eigenvalue weighted by atomic mass is 32.2. The molecule has 0 aliphatic carbocycles. The van der Waals surface area contributed by atoms with Crippen molar-refractivity contribution in [3.8, 4) is 0 Å². The first kappa shape index (κ1) is 32.6. The molecule has 0 bridgehead atoms. The number of rotatable bonds is 11. The van der Waals surface area contributed by atoms with Gasteiger partial charge in [-0.25, -0.2) is 18.4 Å². The fourth-order valence-electron chi connectivity index (χ4n) is 5.88. The molecule has 3 aliphatic rings. The number of nitrogens with zero attached hydrogens (tertiary/aromatic N) is 2. The summed E-state index contributed by atoms with van der Waals surface area (Å²) in [5.41, 5.74) is 1.27. The maximum absolute atomic E-state index is 13.4. The molecule has 14 nitrogen and oxygen atoms in total. The van der Waals surface area contributed by atoms with Crippen LogP contribution in [-0.4, -0.2) is 71.1 Å². The summed E-state index contributed by atoms with van der Waals surface area (Å²) in [7, 11) is -3.81. The molecule has 0 unspecified atom stereocenters. The van der Waals surface area contributed by atoms with E-state index in [1.807, 2.05) is 6.92 Å². The van der Waals surface area contributed by atoms with Crippen LogP contribution in [0.2, 0.25) is 0 Å². The Balaban J connectivity index is 1.25. The summed E-state index contributed by atoms with van der Waals surface area (Å²) in [6.45, 7) is 3.93. The average Bonchev–Trinajstić information content (AvgIpc) is 3.55. The zero-order chi connectivity index (χ0) is 32.6. The van der Waals surface area contributed by atoms with Crippen molar-refractivity contribution in [2.24, 2.45) is 17.0 Å². The lowest BCUT2D eigenvalue weighted by Gasteiger charge is -2.46. The van der Waals surface area contributed by atoms with Crippen LogP contribution in [-0.2, 0) is 42.3 Å². The maximum atomic E-state index is 13.4. The SMILES string of the molecule is C[C@@H](O)[C@H]1C(=O)N2C(C(=O)OCc3ccc([N+](=O)[O-])cc3)=C(S[C@@H]3CN[C@H](C(=O)NCc4ccc(S(N)(=O)=O)cc4)C3)[C@H](C)[C@H]12. The van der Waals surface area contributed by atoms with Gasteiger partial charge < -0.3 is 25.4 Å². The number of esters is 1. The highest BCUT2D eigenvalue weighted by molar-refractivity contribution is 8.03. The van der Waals surface area contributed by atoms with Crippen molar-refractivity contribution < 1.29 is 37.6 Å². The summed E-state index contributed by atoms with van der Waals surface area (Å²) in [5, 5.41) is 32.3. The molecule has 0 radical (unpaired) electrons. The lowest BCUT2D eigenvalue weighted by Crippen LogP contribution is -2.63. The molecular formula is C29H33N5O9S2. The van der Waals surface area contributed by atoms with Gasteiger partial charge in [-0.15, -0.1) is 11.8 Å². The summed E-state index contributed by atoms with van der Waals surface area (Å²) >= 11 is 1.41. The molecular weight excluding hydrogens is 626 g/mol. The van der Waals surface area contributed by atoms with Gasteiger partial charge in [0.15, 0.2) is 0 Å². The summed E-state index contributed by atoms with van der Waals surface area (Å²) in [5.74, 6) is -2.23. The molecule has 0 saturated carbocycles. The van der Waals surface area contributed by atoms with Crippen molar-refractivity contribution in [2.45, 2.75) is 61.8 Å². The predicted molar refractivity (Wildman–Crippen MR) is 162 cm³/mol. The van der Waals surface area contributed by atoms with E-state index in [-0.39, 0.29) is 52.4 Å². The zero-order valence-electron chi connectivity index (χ0n) is 24.4. The molecule has 5 N–H and O–H groups in total. The number of nitrogens with two attached hydrogens (primary N) is 1. The molecule has 45 heavy (non-hydrogen) atoms. The number of nitro benzene ring substituents is 1. The van der Waals surface area contributed by atoms with Gasteiger partial charge in [-0.05, 0) is 48.7 Å². The number of aliphatic hydroxyl groups is 1. The number of nitrogens with one attached hydrogen (secondary N) is 2. The number of carbonyl (C=O) groups excluding carboxylic acids is 3. The molecule has 0 spiro atoms. The molecule has 16 heteroatoms. The number of non-ortho nitro benzene ring substituents is 1. The Morgan fingerprint density at radius 1 is 1.20 bits per heavy atom. The average molecular weight is 660 g/mol. The van der Waals surface area contributed by atoms with E-state index in [1.54, 1.807) is 19.1 Å². The number of sulfonamides is 1. The van der Waals surface area contributed by atoms with E-state index in [4.69, 9.17) is 9.88 Å². The number of amides is 2. The van der Waals surface area contributed by atoms with Gasteiger partial charge in [0.2, 0.25) is 21.8 Å². The number of primary sulfonamides is 1. The Bertz CT molecular complexity index is 1640. The van der Waals surface area contributed by atoms with Crippen LogP contribution >= 0.6 is 11.8 Å². The van der Waals surface area contributed by atoms with Crippen molar-refractivity contribution in [3.63, 3.8) is 0 Å². The molecule has 5 rings (SSSR count). The number of hydrogen-bond donors (Lipinski definition) is 4. The lowest BCUT2D eigenvalue weighted by molar-refractivity contribution is -0.384. The zero-order valence-corrected chi connectivity index (χ0v) is 26.0. The minimum Gasteiger partial charge on any atom is -0.456 e. The van der Waals surface area contributed by atoms with Gasteiger partial charge in [0.1, 0.15) is 12.3 Å². The number of carbonyl (C=O) groups is 3. The van der Waals surface area contributed by atoms with Crippen molar-refractivity contribution in [1.82, 2.24) is 15.5 Å². The number of aliphatic hydroxyl groups excluding tert-OH is 1. The van der Waals surface area contributed by atoms with Crippen LogP contribution in [0.25, 0.3) is 0 Å². The maximum Gasteiger partial charge on any atom is 0.356 e. The number of thioether (sulfide) groups is 1. The van der Waals surface area contributed by atoms with Gasteiger partial charge >= 0.3 is 5.97 Å². The topological polar surface area (TPSA) is 211 Å². The van der Waals surface area contributed by atoms with Crippen molar-refractivity contribution in [3.05, 3.63) is 80.4 Å². The first-order valence-electron chi connectivity index (χ1n) is 14.2. The fraction of sp³-hybridized carbons (Fsp3) is 0.414. The highest BCUT2D eigenvalue weighted by Crippen LogP contribution is 2.52. The minimum atomic E-state index is -3.81. The van der Waals surface area contributed by atoms with Crippen molar-refractivity contribution in [1.29, 1.82) is 0 Å². The van der Waals surface area contributed by atoms with E-state index >= 15 is 0 Å². The molecule has 0 aromatic heterocycles. The van der Waals surface area contributed by atoms with E-state index in [0.29, 0.717) is 29.0 Å². The normalized spacial score (nSPS) is 25.0. The summed E-state index contributed by atoms with van der Waals surface area (Å²) in [4.78, 5) is 51.8. The monoisotopic (exact) mass is 659 g/mol.